The molecule has 7 nitrogen and oxygen atoms in total. The van der Waals surface area contributed by atoms with Crippen LogP contribution >= 0.6 is 0 Å². The number of nitrogens with zero attached hydrogens (tertiary/aromatic N) is 1. The van der Waals surface area contributed by atoms with Crippen molar-refractivity contribution in [3.63, 3.8) is 0 Å². The van der Waals surface area contributed by atoms with E-state index in [0.717, 1.165) is 5.56 Å². The molecule has 0 aliphatic heterocycles. The Morgan fingerprint density at radius 1 is 0.885 bits per heavy atom. The SMILES string of the molecule is CN=C(NCc1ccccc1)NCc1ccc(C(=O)NCC(N)=O)cc1. The van der Waals surface area contributed by atoms with Crippen LogP contribution in [0.1, 0.15) is 21.5 Å². The lowest BCUT2D eigenvalue weighted by molar-refractivity contribution is -0.117. The van der Waals surface area contributed by atoms with Gasteiger partial charge in [-0.05, 0) is 23.3 Å². The Morgan fingerprint density at radius 3 is 2.00 bits per heavy atom. The molecule has 0 saturated carbocycles. The Morgan fingerprint density at radius 2 is 1.46 bits per heavy atom. The molecule has 0 radical (unpaired) electrons. The van der Waals surface area contributed by atoms with Crippen LogP contribution in [-0.4, -0.2) is 31.4 Å². The van der Waals surface area contributed by atoms with Gasteiger partial charge < -0.3 is 21.7 Å². The number of hydrogen-bond acceptors (Lipinski definition) is 3. The molecule has 0 aromatic heterocycles. The van der Waals surface area contributed by atoms with Crippen LogP contribution in [0, 0.1) is 0 Å². The van der Waals surface area contributed by atoms with E-state index >= 15 is 0 Å². The molecule has 0 heterocycles. The zero-order valence-corrected chi connectivity index (χ0v) is 14.7. The maximum Gasteiger partial charge on any atom is 0.251 e. The maximum atomic E-state index is 11.8. The average molecular weight is 353 g/mol. The fraction of sp³-hybridized carbons (Fsp3) is 0.211. The molecule has 0 spiro atoms. The number of nitrogens with one attached hydrogen (secondary N) is 3. The van der Waals surface area contributed by atoms with Gasteiger partial charge in [0.25, 0.3) is 5.91 Å². The topological polar surface area (TPSA) is 109 Å². The average Bonchev–Trinajstić information content (AvgIpc) is 2.67. The van der Waals surface area contributed by atoms with Crippen molar-refractivity contribution >= 4 is 17.8 Å². The van der Waals surface area contributed by atoms with E-state index in [1.54, 1.807) is 19.2 Å². The van der Waals surface area contributed by atoms with Gasteiger partial charge in [0.15, 0.2) is 5.96 Å². The highest BCUT2D eigenvalue weighted by Gasteiger charge is 2.06. The third kappa shape index (κ3) is 6.27. The lowest BCUT2D eigenvalue weighted by Crippen LogP contribution is -2.36. The first-order chi connectivity index (χ1) is 12.6. The van der Waals surface area contributed by atoms with Crippen LogP contribution < -0.4 is 21.7 Å². The summed E-state index contributed by atoms with van der Waals surface area (Å²) in [6.07, 6.45) is 0. The van der Waals surface area contributed by atoms with Gasteiger partial charge in [0.05, 0.1) is 6.54 Å². The van der Waals surface area contributed by atoms with Gasteiger partial charge >= 0.3 is 0 Å². The van der Waals surface area contributed by atoms with E-state index in [-0.39, 0.29) is 12.5 Å². The summed E-state index contributed by atoms with van der Waals surface area (Å²) in [5, 5.41) is 8.92. The number of benzene rings is 2. The molecule has 7 heteroatoms. The molecule has 26 heavy (non-hydrogen) atoms. The zero-order valence-electron chi connectivity index (χ0n) is 14.7. The monoisotopic (exact) mass is 353 g/mol. The quantitative estimate of drug-likeness (QED) is 0.435. The normalized spacial score (nSPS) is 10.9. The molecule has 0 bridgehead atoms. The van der Waals surface area contributed by atoms with Gasteiger partial charge in [0.1, 0.15) is 0 Å². The molecule has 2 aromatic carbocycles. The number of hydrogen-bond donors (Lipinski definition) is 4. The van der Waals surface area contributed by atoms with Crippen LogP contribution in [0.2, 0.25) is 0 Å². The first-order valence-electron chi connectivity index (χ1n) is 8.22. The minimum absolute atomic E-state index is 0.175. The largest absolute Gasteiger partial charge is 0.368 e. The molecule has 0 aliphatic rings. The Balaban J connectivity index is 1.82. The minimum Gasteiger partial charge on any atom is -0.368 e. The van der Waals surface area contributed by atoms with E-state index in [2.05, 4.69) is 20.9 Å². The van der Waals surface area contributed by atoms with Crippen LogP contribution in [0.3, 0.4) is 0 Å². The number of primary amides is 1. The molecule has 136 valence electrons. The Kier molecular flexibility index (Phi) is 7.17. The van der Waals surface area contributed by atoms with Crippen molar-refractivity contribution in [3.8, 4) is 0 Å². The summed E-state index contributed by atoms with van der Waals surface area (Å²) >= 11 is 0. The van der Waals surface area contributed by atoms with E-state index in [0.29, 0.717) is 24.6 Å². The van der Waals surface area contributed by atoms with Crippen molar-refractivity contribution in [3.05, 3.63) is 71.3 Å². The molecule has 0 unspecified atom stereocenters. The second-order valence-corrected chi connectivity index (χ2v) is 5.61. The van der Waals surface area contributed by atoms with Gasteiger partial charge in [-0.25, -0.2) is 0 Å². The summed E-state index contributed by atoms with van der Waals surface area (Å²) in [5.74, 6) is -0.214. The highest BCUT2D eigenvalue weighted by Crippen LogP contribution is 2.04. The van der Waals surface area contributed by atoms with Gasteiger partial charge in [-0.1, -0.05) is 42.5 Å². The smallest absolute Gasteiger partial charge is 0.251 e. The van der Waals surface area contributed by atoms with Crippen LogP contribution in [0.5, 0.6) is 0 Å². The van der Waals surface area contributed by atoms with Crippen LogP contribution in [0.25, 0.3) is 0 Å². The molecule has 0 aliphatic carbocycles. The summed E-state index contributed by atoms with van der Waals surface area (Å²) in [7, 11) is 1.71. The predicted molar refractivity (Wildman–Crippen MR) is 101 cm³/mol. The van der Waals surface area contributed by atoms with Crippen LogP contribution in [0.15, 0.2) is 59.6 Å². The third-order valence-corrected chi connectivity index (χ3v) is 3.63. The molecule has 0 atom stereocenters. The van der Waals surface area contributed by atoms with Crippen molar-refractivity contribution in [1.82, 2.24) is 16.0 Å². The van der Waals surface area contributed by atoms with Gasteiger partial charge in [-0.15, -0.1) is 0 Å². The first-order valence-corrected chi connectivity index (χ1v) is 8.22. The highest BCUT2D eigenvalue weighted by atomic mass is 16.2. The summed E-state index contributed by atoms with van der Waals surface area (Å²) in [4.78, 5) is 26.7. The lowest BCUT2D eigenvalue weighted by atomic mass is 10.1. The highest BCUT2D eigenvalue weighted by molar-refractivity contribution is 5.96. The minimum atomic E-state index is -0.575. The molecule has 2 amide bonds. The number of carbonyl (C=O) groups excluding carboxylic acids is 2. The number of guanidine groups is 1. The lowest BCUT2D eigenvalue weighted by Gasteiger charge is -2.12. The molecule has 0 fully saturated rings. The summed E-state index contributed by atoms with van der Waals surface area (Å²) in [6, 6.07) is 17.1. The standard InChI is InChI=1S/C19H23N5O2/c1-21-19(23-11-14-5-3-2-4-6-14)24-12-15-7-9-16(10-8-15)18(26)22-13-17(20)25/h2-10H,11-13H2,1H3,(H2,20,25)(H,22,26)(H2,21,23,24). The summed E-state index contributed by atoms with van der Waals surface area (Å²) in [6.45, 7) is 1.07. The van der Waals surface area contributed by atoms with Gasteiger partial charge in [0.2, 0.25) is 5.91 Å². The van der Waals surface area contributed by atoms with Crippen LogP contribution in [0.4, 0.5) is 0 Å². The number of aliphatic imine (C=N–C) groups is 1. The fourth-order valence-corrected chi connectivity index (χ4v) is 2.23. The first kappa shape index (κ1) is 19.0. The molecule has 0 saturated heterocycles. The molecular weight excluding hydrogens is 330 g/mol. The van der Waals surface area contributed by atoms with Crippen molar-refractivity contribution in [2.45, 2.75) is 13.1 Å². The van der Waals surface area contributed by atoms with Crippen molar-refractivity contribution in [2.24, 2.45) is 10.7 Å². The number of rotatable bonds is 7. The van der Waals surface area contributed by atoms with E-state index in [4.69, 9.17) is 5.73 Å². The third-order valence-electron chi connectivity index (χ3n) is 3.63. The number of amides is 2. The number of carbonyl (C=O) groups is 2. The summed E-state index contributed by atoms with van der Waals surface area (Å²) < 4.78 is 0. The molecule has 5 N–H and O–H groups in total. The van der Waals surface area contributed by atoms with E-state index in [9.17, 15) is 9.59 Å². The summed E-state index contributed by atoms with van der Waals surface area (Å²) in [5.41, 5.74) is 7.65. The second-order valence-electron chi connectivity index (χ2n) is 5.61. The Bertz CT molecular complexity index is 757. The Hall–Kier alpha value is -3.35. The molecule has 2 aromatic rings. The van der Waals surface area contributed by atoms with Crippen molar-refractivity contribution in [1.29, 1.82) is 0 Å². The predicted octanol–water partition coefficient (Wildman–Crippen LogP) is 0.767. The number of nitrogens with two attached hydrogens (primary N) is 1. The van der Waals surface area contributed by atoms with E-state index in [1.807, 2.05) is 42.5 Å². The zero-order chi connectivity index (χ0) is 18.8. The maximum absolute atomic E-state index is 11.8. The molecular formula is C19H23N5O2. The van der Waals surface area contributed by atoms with Gasteiger partial charge in [-0.2, -0.15) is 0 Å². The van der Waals surface area contributed by atoms with Crippen LogP contribution in [-0.2, 0) is 17.9 Å². The van der Waals surface area contributed by atoms with Crippen molar-refractivity contribution < 1.29 is 9.59 Å². The van der Waals surface area contributed by atoms with E-state index < -0.39 is 5.91 Å². The van der Waals surface area contributed by atoms with Crippen molar-refractivity contribution in [2.75, 3.05) is 13.6 Å². The van der Waals surface area contributed by atoms with E-state index in [1.165, 1.54) is 5.56 Å². The molecule has 2 rings (SSSR count). The Labute approximate surface area is 152 Å². The second kappa shape index (κ2) is 9.83. The van der Waals surface area contributed by atoms with Gasteiger partial charge in [-0.3, -0.25) is 14.6 Å². The van der Waals surface area contributed by atoms with Gasteiger partial charge in [0, 0.05) is 25.7 Å². The fourth-order valence-electron chi connectivity index (χ4n) is 2.23.